The molecule has 5 heteroatoms. The minimum Gasteiger partial charge on any atom is -0.382 e. The minimum atomic E-state index is -3.36. The molecule has 0 saturated heterocycles. The van der Waals surface area contributed by atoms with Gasteiger partial charge in [-0.15, -0.1) is 0 Å². The van der Waals surface area contributed by atoms with Gasteiger partial charge in [-0.25, -0.2) is 12.7 Å². The summed E-state index contributed by atoms with van der Waals surface area (Å²) >= 11 is 0. The van der Waals surface area contributed by atoms with Gasteiger partial charge in [0.1, 0.15) is 0 Å². The lowest BCUT2D eigenvalue weighted by Gasteiger charge is -2.19. The van der Waals surface area contributed by atoms with Gasteiger partial charge in [-0.1, -0.05) is 25.8 Å². The van der Waals surface area contributed by atoms with E-state index in [2.05, 4.69) is 12.2 Å². The number of hydrogen-bond acceptors (Lipinski definition) is 3. The van der Waals surface area contributed by atoms with Gasteiger partial charge < -0.3 is 5.32 Å². The molecule has 0 radical (unpaired) electrons. The third kappa shape index (κ3) is 4.20. The van der Waals surface area contributed by atoms with Crippen LogP contribution in [0.1, 0.15) is 39.0 Å². The molecule has 4 nitrogen and oxygen atoms in total. The summed E-state index contributed by atoms with van der Waals surface area (Å²) in [5.41, 5.74) is 0.900. The monoisotopic (exact) mass is 310 g/mol. The molecule has 1 saturated carbocycles. The first-order valence-electron chi connectivity index (χ1n) is 7.68. The van der Waals surface area contributed by atoms with Crippen LogP contribution < -0.4 is 5.32 Å². The Bertz CT molecular complexity index is 569. The number of benzene rings is 1. The van der Waals surface area contributed by atoms with Crippen LogP contribution in [0.15, 0.2) is 29.2 Å². The first kappa shape index (κ1) is 16.3. The molecule has 2 atom stereocenters. The number of anilines is 1. The molecule has 0 amide bonds. The maximum absolute atomic E-state index is 12.2. The Labute approximate surface area is 128 Å². The number of nitrogens with zero attached hydrogens (tertiary/aromatic N) is 1. The minimum absolute atomic E-state index is 0.347. The van der Waals surface area contributed by atoms with E-state index in [1.54, 1.807) is 32.3 Å². The molecule has 1 aromatic rings. The predicted octanol–water partition coefficient (Wildman–Crippen LogP) is 3.32. The molecule has 0 aromatic heterocycles. The maximum Gasteiger partial charge on any atom is 0.242 e. The Morgan fingerprint density at radius 1 is 1.14 bits per heavy atom. The quantitative estimate of drug-likeness (QED) is 0.868. The topological polar surface area (TPSA) is 49.4 Å². The van der Waals surface area contributed by atoms with Gasteiger partial charge in [0.05, 0.1) is 4.90 Å². The lowest BCUT2D eigenvalue weighted by Crippen LogP contribution is -2.23. The summed E-state index contributed by atoms with van der Waals surface area (Å²) in [5, 5.41) is 3.51. The lowest BCUT2D eigenvalue weighted by atomic mass is 10.0. The standard InChI is InChI=1S/C16H26N2O2S/c1-13-6-4-7-14(11-10-13)17-15-8-5-9-16(12-15)21(19,20)18(2)3/h5,8-9,12-14,17H,4,6-7,10-11H2,1-3H3. The maximum atomic E-state index is 12.2. The van der Waals surface area contributed by atoms with Gasteiger partial charge in [0, 0.05) is 25.8 Å². The Hall–Kier alpha value is -1.07. The van der Waals surface area contributed by atoms with Crippen LogP contribution in [0.2, 0.25) is 0 Å². The molecule has 1 aliphatic carbocycles. The second-order valence-corrected chi connectivity index (χ2v) is 8.42. The largest absolute Gasteiger partial charge is 0.382 e. The Morgan fingerprint density at radius 2 is 1.90 bits per heavy atom. The molecule has 1 aliphatic rings. The first-order chi connectivity index (χ1) is 9.89. The van der Waals surface area contributed by atoms with Crippen LogP contribution in [-0.2, 0) is 10.0 Å². The van der Waals surface area contributed by atoms with E-state index >= 15 is 0 Å². The van der Waals surface area contributed by atoms with Crippen LogP contribution in [0.3, 0.4) is 0 Å². The second-order valence-electron chi connectivity index (χ2n) is 6.27. The van der Waals surface area contributed by atoms with Crippen molar-refractivity contribution in [2.24, 2.45) is 5.92 Å². The Balaban J connectivity index is 2.11. The highest BCUT2D eigenvalue weighted by Gasteiger charge is 2.19. The summed E-state index contributed by atoms with van der Waals surface area (Å²) in [4.78, 5) is 0.347. The molecule has 0 heterocycles. The highest BCUT2D eigenvalue weighted by Crippen LogP contribution is 2.26. The molecule has 2 rings (SSSR count). The summed E-state index contributed by atoms with van der Waals surface area (Å²) in [7, 11) is -0.248. The normalized spacial score (nSPS) is 23.8. The van der Waals surface area contributed by atoms with Gasteiger partial charge in [0.25, 0.3) is 0 Å². The SMILES string of the molecule is CC1CCCC(Nc2cccc(S(=O)(=O)N(C)C)c2)CC1. The lowest BCUT2D eigenvalue weighted by molar-refractivity contribution is 0.502. The molecule has 118 valence electrons. The number of hydrogen-bond donors (Lipinski definition) is 1. The van der Waals surface area contributed by atoms with Crippen molar-refractivity contribution in [3.05, 3.63) is 24.3 Å². The van der Waals surface area contributed by atoms with Crippen molar-refractivity contribution in [2.75, 3.05) is 19.4 Å². The van der Waals surface area contributed by atoms with Crippen LogP contribution in [-0.4, -0.2) is 32.9 Å². The zero-order valence-electron chi connectivity index (χ0n) is 13.2. The Morgan fingerprint density at radius 3 is 2.62 bits per heavy atom. The summed E-state index contributed by atoms with van der Waals surface area (Å²) in [5.74, 6) is 0.803. The van der Waals surface area contributed by atoms with Gasteiger partial charge in [0.2, 0.25) is 10.0 Å². The molecule has 21 heavy (non-hydrogen) atoms. The van der Waals surface area contributed by atoms with Gasteiger partial charge in [-0.3, -0.25) is 0 Å². The molecule has 2 unspecified atom stereocenters. The summed E-state index contributed by atoms with van der Waals surface area (Å²) < 4.78 is 25.6. The molecular formula is C16H26N2O2S. The van der Waals surface area contributed by atoms with E-state index in [0.717, 1.165) is 24.4 Å². The van der Waals surface area contributed by atoms with Gasteiger partial charge >= 0.3 is 0 Å². The van der Waals surface area contributed by atoms with E-state index in [4.69, 9.17) is 0 Å². The smallest absolute Gasteiger partial charge is 0.242 e. The predicted molar refractivity (Wildman–Crippen MR) is 87.0 cm³/mol. The Kier molecular flexibility index (Phi) is 5.27. The van der Waals surface area contributed by atoms with E-state index < -0.39 is 10.0 Å². The first-order valence-corrected chi connectivity index (χ1v) is 9.12. The van der Waals surface area contributed by atoms with E-state index in [1.807, 2.05) is 6.07 Å². The third-order valence-electron chi connectivity index (χ3n) is 4.24. The van der Waals surface area contributed by atoms with Crippen LogP contribution in [0.4, 0.5) is 5.69 Å². The average Bonchev–Trinajstić information content (AvgIpc) is 2.64. The van der Waals surface area contributed by atoms with Crippen LogP contribution >= 0.6 is 0 Å². The highest BCUT2D eigenvalue weighted by molar-refractivity contribution is 7.89. The summed E-state index contributed by atoms with van der Waals surface area (Å²) in [6.45, 7) is 2.31. The van der Waals surface area contributed by atoms with Crippen LogP contribution in [0.25, 0.3) is 0 Å². The molecule has 1 aromatic carbocycles. The molecule has 1 fully saturated rings. The summed E-state index contributed by atoms with van der Waals surface area (Å²) in [6.07, 6.45) is 6.11. The van der Waals surface area contributed by atoms with Crippen molar-refractivity contribution in [3.63, 3.8) is 0 Å². The fourth-order valence-corrected chi connectivity index (χ4v) is 3.77. The van der Waals surface area contributed by atoms with Crippen molar-refractivity contribution in [1.29, 1.82) is 0 Å². The molecule has 1 N–H and O–H groups in total. The molecule has 0 aliphatic heterocycles. The number of sulfonamides is 1. The third-order valence-corrected chi connectivity index (χ3v) is 6.05. The zero-order valence-corrected chi connectivity index (χ0v) is 14.0. The van der Waals surface area contributed by atoms with E-state index in [0.29, 0.717) is 10.9 Å². The number of nitrogens with one attached hydrogen (secondary N) is 1. The van der Waals surface area contributed by atoms with E-state index in [9.17, 15) is 8.42 Å². The molecule has 0 bridgehead atoms. The highest BCUT2D eigenvalue weighted by atomic mass is 32.2. The fourth-order valence-electron chi connectivity index (χ4n) is 2.82. The van der Waals surface area contributed by atoms with Crippen molar-refractivity contribution in [1.82, 2.24) is 4.31 Å². The van der Waals surface area contributed by atoms with E-state index in [1.165, 1.54) is 23.6 Å². The van der Waals surface area contributed by atoms with Gasteiger partial charge in [-0.05, 0) is 43.4 Å². The van der Waals surface area contributed by atoms with Crippen molar-refractivity contribution >= 4 is 15.7 Å². The van der Waals surface area contributed by atoms with Crippen molar-refractivity contribution < 1.29 is 8.42 Å². The summed E-state index contributed by atoms with van der Waals surface area (Å²) in [6, 6.07) is 7.59. The van der Waals surface area contributed by atoms with Gasteiger partial charge in [0.15, 0.2) is 0 Å². The average molecular weight is 310 g/mol. The second kappa shape index (κ2) is 6.79. The van der Waals surface area contributed by atoms with Crippen LogP contribution in [0, 0.1) is 5.92 Å². The van der Waals surface area contributed by atoms with Crippen LogP contribution in [0.5, 0.6) is 0 Å². The molecule has 0 spiro atoms. The number of rotatable bonds is 4. The van der Waals surface area contributed by atoms with Crippen molar-refractivity contribution in [3.8, 4) is 0 Å². The van der Waals surface area contributed by atoms with E-state index in [-0.39, 0.29) is 0 Å². The van der Waals surface area contributed by atoms with Gasteiger partial charge in [-0.2, -0.15) is 0 Å². The van der Waals surface area contributed by atoms with Crippen molar-refractivity contribution in [2.45, 2.75) is 50.0 Å². The fraction of sp³-hybridized carbons (Fsp3) is 0.625. The molecular weight excluding hydrogens is 284 g/mol. The zero-order chi connectivity index (χ0) is 15.5.